The molecule has 0 bridgehead atoms. The Hall–Kier alpha value is -1.75. The fourth-order valence-electron chi connectivity index (χ4n) is 2.73. The van der Waals surface area contributed by atoms with Gasteiger partial charge in [0.15, 0.2) is 0 Å². The van der Waals surface area contributed by atoms with E-state index >= 15 is 0 Å². The molecule has 1 heterocycles. The van der Waals surface area contributed by atoms with Crippen LogP contribution in [0.4, 0.5) is 16.2 Å². The number of hydrogen-bond acceptors (Lipinski definition) is 4. The van der Waals surface area contributed by atoms with E-state index in [4.69, 9.17) is 4.74 Å². The number of nitrogens with one attached hydrogen (secondary N) is 2. The molecule has 0 radical (unpaired) electrons. The maximum atomic E-state index is 11.7. The molecular weight excluding hydrogens is 290 g/mol. The van der Waals surface area contributed by atoms with E-state index in [1.807, 2.05) is 45.0 Å². The van der Waals surface area contributed by atoms with Crippen LogP contribution in [0.1, 0.15) is 40.0 Å². The first-order valence-corrected chi connectivity index (χ1v) is 8.38. The van der Waals surface area contributed by atoms with E-state index in [2.05, 4.69) is 22.6 Å². The first kappa shape index (κ1) is 17.6. The van der Waals surface area contributed by atoms with Crippen LogP contribution in [0.3, 0.4) is 0 Å². The molecule has 128 valence electrons. The molecule has 23 heavy (non-hydrogen) atoms. The average Bonchev–Trinajstić information content (AvgIpc) is 2.46. The maximum absolute atomic E-state index is 11.7. The molecule has 1 aliphatic heterocycles. The molecule has 2 rings (SSSR count). The van der Waals surface area contributed by atoms with Gasteiger partial charge in [-0.1, -0.05) is 6.42 Å². The molecule has 1 aromatic rings. The minimum atomic E-state index is -0.488. The molecule has 5 nitrogen and oxygen atoms in total. The van der Waals surface area contributed by atoms with Gasteiger partial charge in [0.2, 0.25) is 0 Å². The van der Waals surface area contributed by atoms with E-state index in [0.29, 0.717) is 6.04 Å². The average molecular weight is 319 g/mol. The van der Waals surface area contributed by atoms with Crippen LogP contribution in [-0.2, 0) is 4.74 Å². The van der Waals surface area contributed by atoms with E-state index < -0.39 is 11.7 Å². The third kappa shape index (κ3) is 6.10. The number of benzene rings is 1. The standard InChI is InChI=1S/C18H29N3O2/c1-18(2,3)23-17(22)20-15-10-8-14(9-11-15)19-13-16-7-5-6-12-21(16)4/h8-11,16,19H,5-7,12-13H2,1-4H3,(H,20,22). The lowest BCUT2D eigenvalue weighted by atomic mass is 10.0. The Morgan fingerprint density at radius 1 is 1.22 bits per heavy atom. The normalized spacial score (nSPS) is 19.2. The van der Waals surface area contributed by atoms with E-state index in [-0.39, 0.29) is 0 Å². The number of anilines is 2. The smallest absolute Gasteiger partial charge is 0.412 e. The summed E-state index contributed by atoms with van der Waals surface area (Å²) in [6, 6.07) is 8.34. The Morgan fingerprint density at radius 2 is 1.87 bits per heavy atom. The SMILES string of the molecule is CN1CCCCC1CNc1ccc(NC(=O)OC(C)(C)C)cc1. The second-order valence-electron chi connectivity index (χ2n) is 7.22. The van der Waals surface area contributed by atoms with Gasteiger partial charge in [0.25, 0.3) is 0 Å². The van der Waals surface area contributed by atoms with Crippen molar-refractivity contribution in [3.05, 3.63) is 24.3 Å². The van der Waals surface area contributed by atoms with Gasteiger partial charge in [-0.05, 0) is 71.5 Å². The van der Waals surface area contributed by atoms with Gasteiger partial charge in [0, 0.05) is 24.0 Å². The number of carbonyl (C=O) groups is 1. The number of rotatable bonds is 4. The van der Waals surface area contributed by atoms with Crippen molar-refractivity contribution < 1.29 is 9.53 Å². The topological polar surface area (TPSA) is 53.6 Å². The predicted octanol–water partition coefficient (Wildman–Crippen LogP) is 3.93. The van der Waals surface area contributed by atoms with Gasteiger partial charge < -0.3 is 15.0 Å². The molecule has 5 heteroatoms. The predicted molar refractivity (Wildman–Crippen MR) is 95.1 cm³/mol. The summed E-state index contributed by atoms with van der Waals surface area (Å²) in [4.78, 5) is 14.2. The van der Waals surface area contributed by atoms with Crippen LogP contribution in [0, 0.1) is 0 Å². The fraction of sp³-hybridized carbons (Fsp3) is 0.611. The number of carbonyl (C=O) groups excluding carboxylic acids is 1. The Morgan fingerprint density at radius 3 is 2.48 bits per heavy atom. The van der Waals surface area contributed by atoms with Crippen molar-refractivity contribution in [3.8, 4) is 0 Å². The third-order valence-electron chi connectivity index (χ3n) is 3.99. The molecule has 0 aromatic heterocycles. The molecule has 0 aliphatic carbocycles. The van der Waals surface area contributed by atoms with Gasteiger partial charge in [-0.25, -0.2) is 4.79 Å². The Bertz CT molecular complexity index is 508. The van der Waals surface area contributed by atoms with Gasteiger partial charge in [-0.2, -0.15) is 0 Å². The lowest BCUT2D eigenvalue weighted by molar-refractivity contribution is 0.0636. The maximum Gasteiger partial charge on any atom is 0.412 e. The van der Waals surface area contributed by atoms with Gasteiger partial charge in [0.05, 0.1) is 0 Å². The van der Waals surface area contributed by atoms with E-state index in [1.54, 1.807) is 0 Å². The molecule has 1 atom stereocenters. The molecule has 1 aromatic carbocycles. The first-order chi connectivity index (χ1) is 10.8. The van der Waals surface area contributed by atoms with Crippen LogP contribution in [0.15, 0.2) is 24.3 Å². The molecule has 1 unspecified atom stereocenters. The van der Waals surface area contributed by atoms with Gasteiger partial charge in [0.1, 0.15) is 5.60 Å². The summed E-state index contributed by atoms with van der Waals surface area (Å²) >= 11 is 0. The zero-order chi connectivity index (χ0) is 16.9. The Labute approximate surface area is 139 Å². The molecule has 0 spiro atoms. The van der Waals surface area contributed by atoms with Gasteiger partial charge in [-0.15, -0.1) is 0 Å². The van der Waals surface area contributed by atoms with Crippen molar-refractivity contribution in [2.24, 2.45) is 0 Å². The number of likely N-dealkylation sites (N-methyl/N-ethyl adjacent to an activating group) is 1. The Kier molecular flexibility index (Phi) is 5.88. The summed E-state index contributed by atoms with van der Waals surface area (Å²) in [5.74, 6) is 0. The summed E-state index contributed by atoms with van der Waals surface area (Å²) in [6.45, 7) is 7.69. The van der Waals surface area contributed by atoms with Gasteiger partial charge in [-0.3, -0.25) is 5.32 Å². The van der Waals surface area contributed by atoms with Crippen molar-refractivity contribution >= 4 is 17.5 Å². The zero-order valence-corrected chi connectivity index (χ0v) is 14.7. The van der Waals surface area contributed by atoms with Crippen LogP contribution in [0.5, 0.6) is 0 Å². The van der Waals surface area contributed by atoms with Crippen molar-refractivity contribution in [2.75, 3.05) is 30.8 Å². The fourth-order valence-corrected chi connectivity index (χ4v) is 2.73. The van der Waals surface area contributed by atoms with Crippen LogP contribution >= 0.6 is 0 Å². The minimum absolute atomic E-state index is 0.429. The largest absolute Gasteiger partial charge is 0.444 e. The number of hydrogen-bond donors (Lipinski definition) is 2. The molecule has 1 fully saturated rings. The quantitative estimate of drug-likeness (QED) is 0.883. The van der Waals surface area contributed by atoms with Gasteiger partial charge >= 0.3 is 6.09 Å². The van der Waals surface area contributed by atoms with Crippen molar-refractivity contribution in [1.29, 1.82) is 0 Å². The van der Waals surface area contributed by atoms with E-state index in [9.17, 15) is 4.79 Å². The molecular formula is C18H29N3O2. The first-order valence-electron chi connectivity index (χ1n) is 8.38. The molecule has 1 aliphatic rings. The second-order valence-corrected chi connectivity index (χ2v) is 7.22. The van der Waals surface area contributed by atoms with Crippen molar-refractivity contribution in [3.63, 3.8) is 0 Å². The van der Waals surface area contributed by atoms with Crippen LogP contribution < -0.4 is 10.6 Å². The molecule has 1 saturated heterocycles. The second kappa shape index (κ2) is 7.68. The van der Waals surface area contributed by atoms with Crippen molar-refractivity contribution in [2.45, 2.75) is 51.7 Å². The monoisotopic (exact) mass is 319 g/mol. The highest BCUT2D eigenvalue weighted by molar-refractivity contribution is 5.85. The molecule has 2 N–H and O–H groups in total. The lowest BCUT2D eigenvalue weighted by Gasteiger charge is -2.32. The Balaban J connectivity index is 1.81. The minimum Gasteiger partial charge on any atom is -0.444 e. The summed E-state index contributed by atoms with van der Waals surface area (Å²) in [5, 5.41) is 6.22. The highest BCUT2D eigenvalue weighted by Crippen LogP contribution is 2.18. The highest BCUT2D eigenvalue weighted by atomic mass is 16.6. The summed E-state index contributed by atoms with van der Waals surface area (Å²) in [5.41, 5.74) is 1.32. The number of ether oxygens (including phenoxy) is 1. The van der Waals surface area contributed by atoms with Crippen molar-refractivity contribution in [1.82, 2.24) is 4.90 Å². The summed E-state index contributed by atoms with van der Waals surface area (Å²) in [7, 11) is 2.19. The summed E-state index contributed by atoms with van der Waals surface area (Å²) < 4.78 is 5.24. The van der Waals surface area contributed by atoms with Crippen LogP contribution in [-0.4, -0.2) is 42.8 Å². The zero-order valence-electron chi connectivity index (χ0n) is 14.7. The number of nitrogens with zero attached hydrogens (tertiary/aromatic N) is 1. The lowest BCUT2D eigenvalue weighted by Crippen LogP contribution is -2.40. The molecule has 0 saturated carbocycles. The number of amides is 1. The molecule has 1 amide bonds. The summed E-state index contributed by atoms with van der Waals surface area (Å²) in [6.07, 6.45) is 3.44. The third-order valence-corrected chi connectivity index (χ3v) is 3.99. The number of likely N-dealkylation sites (tertiary alicyclic amines) is 1. The van der Waals surface area contributed by atoms with E-state index in [0.717, 1.165) is 17.9 Å². The van der Waals surface area contributed by atoms with Crippen LogP contribution in [0.25, 0.3) is 0 Å². The number of piperidine rings is 1. The van der Waals surface area contributed by atoms with E-state index in [1.165, 1.54) is 25.8 Å². The van der Waals surface area contributed by atoms with Crippen LogP contribution in [0.2, 0.25) is 0 Å². The highest BCUT2D eigenvalue weighted by Gasteiger charge is 2.18.